The van der Waals surface area contributed by atoms with Crippen LogP contribution < -0.4 is 333 Å². The Labute approximate surface area is 717 Å². The van der Waals surface area contributed by atoms with Crippen LogP contribution in [0.1, 0.15) is 181 Å². The van der Waals surface area contributed by atoms with Crippen molar-refractivity contribution in [2.24, 2.45) is 11.3 Å². The minimum absolute atomic E-state index is 0. The van der Waals surface area contributed by atoms with E-state index in [2.05, 4.69) is 27.2 Å². The van der Waals surface area contributed by atoms with Crippen LogP contribution in [0.15, 0.2) is 0 Å². The van der Waals surface area contributed by atoms with E-state index >= 15 is 0 Å². The minimum atomic E-state index is -2.13. The first kappa shape index (κ1) is 112. The third-order valence-electron chi connectivity index (χ3n) is 13.5. The number of ketones is 1. The van der Waals surface area contributed by atoms with Gasteiger partial charge in [-0.1, -0.05) is 26.7 Å². The molecule has 0 aromatic rings. The van der Waals surface area contributed by atoms with Gasteiger partial charge in [-0.15, -0.1) is 6.42 Å². The molecule has 0 aliphatic heterocycles. The molecule has 0 aromatic carbocycles. The molecule has 0 rings (SSSR count). The monoisotopic (exact) mass is 1340 g/mol. The van der Waals surface area contributed by atoms with Crippen molar-refractivity contribution < 1.29 is 384 Å². The molecule has 0 saturated carbocycles. The average Bonchev–Trinajstić information content (AvgIpc) is 3.34. The van der Waals surface area contributed by atoms with E-state index in [1.165, 1.54) is 20.8 Å². The first-order chi connectivity index (χ1) is 37.0. The Morgan fingerprint density at radius 1 is 0.348 bits per heavy atom. The molecule has 0 fully saturated rings. The van der Waals surface area contributed by atoms with Crippen molar-refractivity contribution >= 4 is 83.1 Å². The third-order valence-corrected chi connectivity index (χ3v) is 13.5. The molecule has 89 heavy (non-hydrogen) atoms. The Kier molecular flexibility index (Phi) is 73.1. The van der Waals surface area contributed by atoms with Crippen LogP contribution in [-0.4, -0.2) is 119 Å². The van der Waals surface area contributed by atoms with Crippen molar-refractivity contribution in [2.75, 3.05) is 13.2 Å². The summed E-state index contributed by atoms with van der Waals surface area (Å²) in [5.74, 6) is -19.4. The maximum Gasteiger partial charge on any atom is 1.00 e. The Bertz CT molecular complexity index is 1980. The van der Waals surface area contributed by atoms with Crippen molar-refractivity contribution in [3.05, 3.63) is 0 Å². The number of carbonyl (C=O) groups is 14. The van der Waals surface area contributed by atoms with Gasteiger partial charge >= 0.3 is 266 Å². The number of nitrogens with one attached hydrogen (secondary N) is 4. The number of amides is 4. The Morgan fingerprint density at radius 3 is 0.719 bits per heavy atom. The van der Waals surface area contributed by atoms with Gasteiger partial charge in [-0.25, -0.2) is 0 Å². The predicted molar refractivity (Wildman–Crippen MR) is 252 cm³/mol. The molecule has 0 unspecified atom stereocenters. The van der Waals surface area contributed by atoms with Crippen molar-refractivity contribution in [2.45, 2.75) is 203 Å². The summed E-state index contributed by atoms with van der Waals surface area (Å²) in [7, 11) is 0. The van der Waals surface area contributed by atoms with Crippen molar-refractivity contribution in [3.63, 3.8) is 0 Å². The van der Waals surface area contributed by atoms with Crippen LogP contribution in [-0.2, 0) is 71.9 Å². The van der Waals surface area contributed by atoms with Crippen molar-refractivity contribution in [3.8, 4) is 12.3 Å². The van der Waals surface area contributed by atoms with E-state index < -0.39 is 284 Å². The molecule has 0 bridgehead atoms. The van der Waals surface area contributed by atoms with Gasteiger partial charge in [-0.2, -0.15) is 0 Å². The molecule has 1 atom stereocenters. The van der Waals surface area contributed by atoms with Gasteiger partial charge in [-0.3, -0.25) is 24.0 Å². The number of Topliss-reactive ketones (excluding diaryl/α,β-unsaturated/α-hetero) is 1. The van der Waals surface area contributed by atoms with Gasteiger partial charge in [0.1, 0.15) is 12.4 Å². The summed E-state index contributed by atoms with van der Waals surface area (Å²) in [5, 5.41) is 115. The van der Waals surface area contributed by atoms with Gasteiger partial charge in [0.05, 0.1) is 12.5 Å². The second kappa shape index (κ2) is 58.3. The number of aliphatic carboxylic acids is 9. The molecule has 0 saturated heterocycles. The number of rotatable bonds is 46. The molecule has 450 valence electrons. The fourth-order valence-electron chi connectivity index (χ4n) is 8.84. The minimum Gasteiger partial charge on any atom is -0.550 e. The Morgan fingerprint density at radius 2 is 0.539 bits per heavy atom. The normalized spacial score (nSPS) is 10.9. The quantitative estimate of drug-likeness (QED) is 0.0250. The first-order valence-electron chi connectivity index (χ1n) is 25.6. The molecule has 28 nitrogen and oxygen atoms in total. The van der Waals surface area contributed by atoms with Crippen LogP contribution in [0.4, 0.5) is 0 Å². The predicted octanol–water partition coefficient (Wildman–Crippen LogP) is -36.2. The van der Waals surface area contributed by atoms with Crippen LogP contribution in [0.25, 0.3) is 0 Å². The molecular formula is C52H69N4Na9O24. The summed E-state index contributed by atoms with van der Waals surface area (Å²) < 4.78 is 5.45. The Balaban J connectivity index is -0.000000867. The molecule has 4 N–H and O–H groups in total. The summed E-state index contributed by atoms with van der Waals surface area (Å²) >= 11 is 0. The zero-order chi connectivity index (χ0) is 61.5. The molecule has 0 aromatic heterocycles. The topological polar surface area (TPSA) is 504 Å². The Hall–Kier alpha value is 1.30. The summed E-state index contributed by atoms with van der Waals surface area (Å²) in [4.78, 5) is 176. The summed E-state index contributed by atoms with van der Waals surface area (Å²) in [6.45, 7) is 3.64. The number of carboxylic acid groups (broad SMARTS) is 9. The van der Waals surface area contributed by atoms with Crippen molar-refractivity contribution in [1.29, 1.82) is 0 Å². The van der Waals surface area contributed by atoms with Gasteiger partial charge in [0.25, 0.3) is 0 Å². The maximum absolute atomic E-state index is 14.7. The molecule has 0 aliphatic carbocycles. The molecule has 0 aliphatic rings. The molecule has 0 spiro atoms. The van der Waals surface area contributed by atoms with Gasteiger partial charge in [-0.05, 0) is 135 Å². The SMILES string of the molecule is C#CCOC[C@H](CC(=O)C(C)(C)C)C(=O)NC(CCC(=O)NC(CCC(=O)[O-])(CCC(=O)[O-])CCC(=O)[O-])(CCC(=O)NC(CCC(=O)[O-])(CCC(=O)[O-])CCC(=O)[O-])CCC(=O)NC(CCC(=O)[O-])(CCC(=O)[O-])CCC(=O)[O-].[Na+].[Na+].[Na+].[Na+].[Na+].[Na+].[Na+].[Na+].[Na+]. The summed E-state index contributed by atoms with van der Waals surface area (Å²) in [6.07, 6.45) is -13.0. The van der Waals surface area contributed by atoms with Crippen LogP contribution in [0.3, 0.4) is 0 Å². The van der Waals surface area contributed by atoms with Gasteiger partial charge in [0.15, 0.2) is 0 Å². The van der Waals surface area contributed by atoms with E-state index in [4.69, 9.17) is 11.2 Å². The number of carbonyl (C=O) groups excluding carboxylic acids is 14. The standard InChI is InChI=1S/C52H78N4O24.9Na/c1-5-30-80-32-33(31-34(57)48(2,3)4)47(79)56-52(18-6-35(58)53-49(21-9-38(61)62,22-10-39(63)64)23-11-40(65)66,19-7-36(59)54-50(24-12-41(67)68,25-13-42(69)70)26-14-43(71)72)20-8-37(60)55-51(27-15-44(73)74,28-16-45(75)76)29-17-46(77)78;;;;;;;;;/h1,33H,6-32H2,2-4H3,(H,53,58)(H,54,59)(H,55,60)(H,56,79)(H,61,62)(H,63,64)(H,65,66)(H,67,68)(H,69,70)(H,71,72)(H,73,74)(H,75,76)(H,77,78);;;;;;;;;/q;9*+1/p-9/t33-;;;;;;;;;/m0........./s1. The fourth-order valence-corrected chi connectivity index (χ4v) is 8.84. The zero-order valence-electron chi connectivity index (χ0n) is 54.0. The number of hydrogen-bond donors (Lipinski definition) is 4. The van der Waals surface area contributed by atoms with Crippen molar-refractivity contribution in [1.82, 2.24) is 21.3 Å². The molecule has 37 heteroatoms. The van der Waals surface area contributed by atoms with Gasteiger partial charge < -0.3 is 115 Å². The zero-order valence-corrected chi connectivity index (χ0v) is 72.0. The second-order valence-electron chi connectivity index (χ2n) is 20.9. The van der Waals surface area contributed by atoms with Crippen LogP contribution >= 0.6 is 0 Å². The van der Waals surface area contributed by atoms with Gasteiger partial charge in [0, 0.05) is 107 Å². The number of carboxylic acids is 9. The average molecular weight is 1340 g/mol. The fraction of sp³-hybridized carbons (Fsp3) is 0.692. The largest absolute Gasteiger partial charge is 1.00 e. The first-order valence-corrected chi connectivity index (χ1v) is 25.6. The number of terminal acetylenes is 1. The van der Waals surface area contributed by atoms with E-state index in [0.717, 1.165) is 0 Å². The molecule has 0 heterocycles. The van der Waals surface area contributed by atoms with E-state index in [9.17, 15) is 113 Å². The van der Waals surface area contributed by atoms with E-state index in [-0.39, 0.29) is 273 Å². The van der Waals surface area contributed by atoms with Crippen LogP contribution in [0.5, 0.6) is 0 Å². The van der Waals surface area contributed by atoms with E-state index in [1.807, 2.05) is 0 Å². The third kappa shape index (κ3) is 54.0. The smallest absolute Gasteiger partial charge is 0.550 e. The molecular weight excluding hydrogens is 1270 g/mol. The van der Waals surface area contributed by atoms with E-state index in [1.54, 1.807) is 0 Å². The van der Waals surface area contributed by atoms with Crippen LogP contribution in [0.2, 0.25) is 0 Å². The summed E-state index contributed by atoms with van der Waals surface area (Å²) in [6, 6.07) is 0. The number of hydrogen-bond acceptors (Lipinski definition) is 24. The van der Waals surface area contributed by atoms with Crippen LogP contribution in [0, 0.1) is 23.7 Å². The van der Waals surface area contributed by atoms with Gasteiger partial charge in [0.2, 0.25) is 23.6 Å². The molecule has 4 amide bonds. The van der Waals surface area contributed by atoms with E-state index in [0.29, 0.717) is 0 Å². The maximum atomic E-state index is 14.7. The summed E-state index contributed by atoms with van der Waals surface area (Å²) in [5.41, 5.74) is -9.03. The number of ether oxygens (including phenoxy) is 1. The second-order valence-corrected chi connectivity index (χ2v) is 20.9. The molecule has 0 radical (unpaired) electrons.